The molecule has 8 heteroatoms. The molecule has 6 nitrogen and oxygen atoms in total. The van der Waals surface area contributed by atoms with Gasteiger partial charge < -0.3 is 26.3 Å². The van der Waals surface area contributed by atoms with Crippen LogP contribution < -0.4 is 40.6 Å². The Kier molecular flexibility index (Phi) is 23.1. The van der Waals surface area contributed by atoms with Gasteiger partial charge in [-0.25, -0.2) is 0 Å². The Bertz CT molecular complexity index is 58.6. The Morgan fingerprint density at radius 3 is 1.38 bits per heavy atom. The number of quaternary nitrogens is 1. The monoisotopic (exact) mass is 155 g/mol. The molecule has 7 N–H and O–H groups in total. The van der Waals surface area contributed by atoms with Crippen molar-refractivity contribution >= 4 is 7.82 Å². The van der Waals surface area contributed by atoms with E-state index in [1.807, 2.05) is 0 Å². The zero-order valence-electron chi connectivity index (χ0n) is 4.61. The zero-order valence-corrected chi connectivity index (χ0v) is 7.50. The van der Waals surface area contributed by atoms with Crippen LogP contribution in [0, 0.1) is 0 Å². The average Bonchev–Trinajstić information content (AvgIpc) is 0.722. The van der Waals surface area contributed by atoms with Crippen molar-refractivity contribution in [1.82, 2.24) is 6.15 Å². The molecule has 0 aromatic rings. The second kappa shape index (κ2) is 8.03. The summed E-state index contributed by atoms with van der Waals surface area (Å²) in [5.74, 6) is 0. The molecule has 0 aromatic carbocycles. The molecule has 0 radical (unpaired) electrons. The molecule has 0 saturated carbocycles. The topological polar surface area (TPSA) is 147 Å². The van der Waals surface area contributed by atoms with E-state index >= 15 is 0 Å². The van der Waals surface area contributed by atoms with E-state index in [9.17, 15) is 0 Å². The molecule has 0 rings (SSSR count). The summed E-state index contributed by atoms with van der Waals surface area (Å²) >= 11 is 0. The van der Waals surface area contributed by atoms with E-state index < -0.39 is 7.82 Å². The van der Waals surface area contributed by atoms with Gasteiger partial charge >= 0.3 is 29.6 Å². The molecule has 0 heterocycles. The first kappa shape index (κ1) is 23.0. The third-order valence-electron chi connectivity index (χ3n) is 0. The largest absolute Gasteiger partial charge is 1.00 e. The first-order valence-electron chi connectivity index (χ1n) is 0.765. The molecule has 0 atom stereocenters. The normalized spacial score (nSPS) is 7.38. The van der Waals surface area contributed by atoms with E-state index in [1.54, 1.807) is 0 Å². The van der Waals surface area contributed by atoms with Gasteiger partial charge in [-0.15, -0.1) is 0 Å². The minimum atomic E-state index is -4.89. The van der Waals surface area contributed by atoms with Crippen LogP contribution in [-0.2, 0) is 4.57 Å². The van der Waals surface area contributed by atoms with E-state index in [-0.39, 0.29) is 41.2 Å². The van der Waals surface area contributed by atoms with Gasteiger partial charge in [0.25, 0.3) is 7.82 Å². The fourth-order valence-corrected chi connectivity index (χ4v) is 0. The van der Waals surface area contributed by atoms with Crippen LogP contribution in [0.2, 0.25) is 0 Å². The number of hydrogen-bond acceptors (Lipinski definition) is 3. The minimum Gasteiger partial charge on any atom is -0.870 e. The Balaban J connectivity index is -0.0000000267. The SMILES string of the molecule is O=P([O-])(O)O.[NH4+].[Na+].[OH-]. The number of hydrogen-bond donors (Lipinski definition) is 3. The molecule has 0 amide bonds. The summed E-state index contributed by atoms with van der Waals surface area (Å²) in [7, 11) is -4.89. The van der Waals surface area contributed by atoms with Gasteiger partial charge in [0.15, 0.2) is 0 Å². The van der Waals surface area contributed by atoms with Crippen LogP contribution in [0.5, 0.6) is 0 Å². The fraction of sp³-hybridized carbons (Fsp3) is 0. The van der Waals surface area contributed by atoms with Gasteiger partial charge in [-0.1, -0.05) is 0 Å². The van der Waals surface area contributed by atoms with E-state index in [2.05, 4.69) is 0 Å². The summed E-state index contributed by atoms with van der Waals surface area (Å²) in [6, 6.07) is 0. The zero-order chi connectivity index (χ0) is 4.50. The molecule has 8 heavy (non-hydrogen) atoms. The van der Waals surface area contributed by atoms with E-state index in [0.717, 1.165) is 0 Å². The van der Waals surface area contributed by atoms with Crippen LogP contribution in [0.4, 0.5) is 0 Å². The van der Waals surface area contributed by atoms with Crippen LogP contribution in [0.3, 0.4) is 0 Å². The summed E-state index contributed by atoms with van der Waals surface area (Å²) in [4.78, 5) is 22.9. The molecule has 0 bridgehead atoms. The molecule has 0 unspecified atom stereocenters. The third kappa shape index (κ3) is 241. The van der Waals surface area contributed by atoms with Crippen molar-refractivity contribution in [2.45, 2.75) is 0 Å². The van der Waals surface area contributed by atoms with E-state index in [0.29, 0.717) is 0 Å². The minimum absolute atomic E-state index is 0. The molecule has 0 spiro atoms. The van der Waals surface area contributed by atoms with Crippen molar-refractivity contribution < 1.29 is 54.3 Å². The smallest absolute Gasteiger partial charge is 0.870 e. The van der Waals surface area contributed by atoms with Crippen LogP contribution in [-0.4, -0.2) is 15.3 Å². The average molecular weight is 155 g/mol. The van der Waals surface area contributed by atoms with Gasteiger partial charge in [0, 0.05) is 0 Å². The van der Waals surface area contributed by atoms with Gasteiger partial charge in [0.2, 0.25) is 0 Å². The van der Waals surface area contributed by atoms with Gasteiger partial charge in [0.05, 0.1) is 0 Å². The maximum absolute atomic E-state index is 8.77. The van der Waals surface area contributed by atoms with Crippen molar-refractivity contribution in [2.75, 3.05) is 0 Å². The summed E-state index contributed by atoms with van der Waals surface area (Å²) in [5, 5.41) is 0. The maximum Gasteiger partial charge on any atom is 1.00 e. The number of phosphoric acid groups is 1. The van der Waals surface area contributed by atoms with Gasteiger partial charge in [-0.05, 0) is 0 Å². The van der Waals surface area contributed by atoms with Gasteiger partial charge in [-0.3, -0.25) is 4.57 Å². The quantitative estimate of drug-likeness (QED) is 0.239. The summed E-state index contributed by atoms with van der Waals surface area (Å²) in [6.07, 6.45) is 0. The van der Waals surface area contributed by atoms with Crippen molar-refractivity contribution in [3.8, 4) is 0 Å². The Morgan fingerprint density at radius 2 is 1.38 bits per heavy atom. The predicted octanol–water partition coefficient (Wildman–Crippen LogP) is -4.36. The predicted molar refractivity (Wildman–Crippen MR) is 20.0 cm³/mol. The van der Waals surface area contributed by atoms with Crippen molar-refractivity contribution in [3.63, 3.8) is 0 Å². The molecule has 0 saturated heterocycles. The van der Waals surface area contributed by atoms with E-state index in [1.165, 1.54) is 0 Å². The second-order valence-electron chi connectivity index (χ2n) is 0.491. The van der Waals surface area contributed by atoms with Crippen molar-refractivity contribution in [3.05, 3.63) is 0 Å². The Hall–Kier alpha value is 1.03. The first-order chi connectivity index (χ1) is 2.00. The van der Waals surface area contributed by atoms with E-state index in [4.69, 9.17) is 19.2 Å². The molecule has 0 aliphatic carbocycles. The molecule has 0 aromatic heterocycles. The Morgan fingerprint density at radius 1 is 1.38 bits per heavy atom. The Labute approximate surface area is 68.3 Å². The number of rotatable bonds is 0. The standard InChI is InChI=1S/H3N.Na.H3O4P.H2O/c;;1-5(2,3)4;/h1H3;;(H3,1,2,3,4);1H2/q;+1;;/p-1. The molecule has 0 fully saturated rings. The van der Waals surface area contributed by atoms with Gasteiger partial charge in [0.1, 0.15) is 0 Å². The van der Waals surface area contributed by atoms with Crippen LogP contribution in [0.1, 0.15) is 0 Å². The maximum atomic E-state index is 8.77. The fourth-order valence-electron chi connectivity index (χ4n) is 0. The molecule has 0 aliphatic rings. The molecular weight excluding hydrogens is 148 g/mol. The van der Waals surface area contributed by atoms with Crippen molar-refractivity contribution in [1.29, 1.82) is 0 Å². The first-order valence-corrected chi connectivity index (χ1v) is 2.30. The van der Waals surface area contributed by atoms with Gasteiger partial charge in [-0.2, -0.15) is 0 Å². The summed E-state index contributed by atoms with van der Waals surface area (Å²) in [6.45, 7) is 0. The third-order valence-corrected chi connectivity index (χ3v) is 0. The molecule has 48 valence electrons. The van der Waals surface area contributed by atoms with Crippen LogP contribution >= 0.6 is 7.82 Å². The molecule has 0 aliphatic heterocycles. The summed E-state index contributed by atoms with van der Waals surface area (Å²) in [5.41, 5.74) is 0. The van der Waals surface area contributed by atoms with Crippen LogP contribution in [0.15, 0.2) is 0 Å². The summed E-state index contributed by atoms with van der Waals surface area (Å²) < 4.78 is 8.77. The second-order valence-corrected chi connectivity index (χ2v) is 1.47. The molecular formula is H7NNaO5P. The van der Waals surface area contributed by atoms with Crippen molar-refractivity contribution in [2.24, 2.45) is 0 Å². The van der Waals surface area contributed by atoms with Crippen LogP contribution in [0.25, 0.3) is 0 Å².